The smallest absolute Gasteiger partial charge is 0.246 e. The number of fused-ring (bicyclic) bond motifs is 1. The summed E-state index contributed by atoms with van der Waals surface area (Å²) in [4.78, 5) is 17.3. The Hall–Kier alpha value is -2.25. The molecule has 1 saturated carbocycles. The summed E-state index contributed by atoms with van der Waals surface area (Å²) in [6.45, 7) is 0. The number of aromatic nitrogens is 3. The number of thiazole rings is 1. The normalized spacial score (nSPS) is 15.6. The van der Waals surface area contributed by atoms with Crippen LogP contribution in [-0.2, 0) is 11.8 Å². The molecule has 124 valence electrons. The fraction of sp³-hybridized carbons (Fsp3) is 0.353. The second-order valence-electron chi connectivity index (χ2n) is 6.17. The molecule has 1 aromatic carbocycles. The number of benzene rings is 1. The summed E-state index contributed by atoms with van der Waals surface area (Å²) in [5.74, 6) is 0.552. The Morgan fingerprint density at radius 3 is 2.92 bits per heavy atom. The highest BCUT2D eigenvalue weighted by Gasteiger charge is 2.27. The van der Waals surface area contributed by atoms with Crippen LogP contribution in [0.1, 0.15) is 35.4 Å². The Kier molecular flexibility index (Phi) is 3.82. The monoisotopic (exact) mass is 341 g/mol. The van der Waals surface area contributed by atoms with Crippen molar-refractivity contribution in [3.05, 3.63) is 41.2 Å². The molecule has 1 aliphatic carbocycles. The molecule has 7 heteroatoms. The van der Waals surface area contributed by atoms with Crippen molar-refractivity contribution in [3.63, 3.8) is 0 Å². The van der Waals surface area contributed by atoms with Gasteiger partial charge < -0.3 is 10.6 Å². The number of nitrogens with zero attached hydrogens (tertiary/aromatic N) is 3. The summed E-state index contributed by atoms with van der Waals surface area (Å²) in [5.41, 5.74) is 2.65. The Bertz CT molecular complexity index is 895. The summed E-state index contributed by atoms with van der Waals surface area (Å²) in [7, 11) is 3.61. The fourth-order valence-corrected chi connectivity index (χ4v) is 3.95. The van der Waals surface area contributed by atoms with Crippen LogP contribution in [0, 0.1) is 0 Å². The highest BCUT2D eigenvalue weighted by Crippen LogP contribution is 2.43. The van der Waals surface area contributed by atoms with Gasteiger partial charge in [-0.1, -0.05) is 0 Å². The predicted octanol–water partition coefficient (Wildman–Crippen LogP) is 2.81. The molecule has 2 heterocycles. The number of hydrogen-bond donors (Lipinski definition) is 2. The van der Waals surface area contributed by atoms with Gasteiger partial charge in [-0.3, -0.25) is 9.48 Å². The molecule has 1 unspecified atom stereocenters. The lowest BCUT2D eigenvalue weighted by molar-refractivity contribution is -0.118. The van der Waals surface area contributed by atoms with E-state index in [4.69, 9.17) is 0 Å². The van der Waals surface area contributed by atoms with E-state index in [1.807, 2.05) is 31.4 Å². The molecule has 0 radical (unpaired) electrons. The van der Waals surface area contributed by atoms with E-state index >= 15 is 0 Å². The first-order valence-corrected chi connectivity index (χ1v) is 8.83. The molecule has 2 aromatic heterocycles. The number of anilines is 1. The Balaban J connectivity index is 1.54. The molecule has 24 heavy (non-hydrogen) atoms. The van der Waals surface area contributed by atoms with Gasteiger partial charge in [0.1, 0.15) is 6.04 Å². The Morgan fingerprint density at radius 2 is 2.25 bits per heavy atom. The molecule has 6 nitrogen and oxygen atoms in total. The van der Waals surface area contributed by atoms with Gasteiger partial charge in [-0.2, -0.15) is 5.10 Å². The average Bonchev–Trinajstić information content (AvgIpc) is 3.19. The van der Waals surface area contributed by atoms with Gasteiger partial charge in [-0.15, -0.1) is 11.3 Å². The minimum Gasteiger partial charge on any atom is -0.324 e. The number of amides is 1. The van der Waals surface area contributed by atoms with Gasteiger partial charge in [0.2, 0.25) is 5.91 Å². The minimum absolute atomic E-state index is 0.100. The van der Waals surface area contributed by atoms with Crippen LogP contribution >= 0.6 is 11.3 Å². The van der Waals surface area contributed by atoms with Crippen molar-refractivity contribution >= 4 is 33.1 Å². The molecule has 0 spiro atoms. The zero-order valence-electron chi connectivity index (χ0n) is 13.6. The third-order valence-electron chi connectivity index (χ3n) is 4.21. The van der Waals surface area contributed by atoms with Crippen LogP contribution in [0.25, 0.3) is 10.2 Å². The molecule has 4 rings (SSSR count). The molecule has 0 bridgehead atoms. The highest BCUT2D eigenvalue weighted by atomic mass is 32.1. The van der Waals surface area contributed by atoms with Crippen LogP contribution in [0.15, 0.2) is 30.6 Å². The van der Waals surface area contributed by atoms with E-state index in [0.717, 1.165) is 21.5 Å². The number of hydrogen-bond acceptors (Lipinski definition) is 5. The van der Waals surface area contributed by atoms with Crippen LogP contribution in [-0.4, -0.2) is 27.7 Å². The van der Waals surface area contributed by atoms with Crippen LogP contribution in [0.4, 0.5) is 5.69 Å². The molecule has 0 saturated heterocycles. The number of carbonyl (C=O) groups is 1. The van der Waals surface area contributed by atoms with E-state index in [2.05, 4.69) is 20.7 Å². The second kappa shape index (κ2) is 5.99. The Morgan fingerprint density at radius 1 is 1.42 bits per heavy atom. The van der Waals surface area contributed by atoms with Crippen molar-refractivity contribution in [2.75, 3.05) is 12.4 Å². The van der Waals surface area contributed by atoms with Gasteiger partial charge in [0, 0.05) is 30.4 Å². The summed E-state index contributed by atoms with van der Waals surface area (Å²) < 4.78 is 2.81. The van der Waals surface area contributed by atoms with Crippen molar-refractivity contribution in [3.8, 4) is 0 Å². The molecule has 1 fully saturated rings. The number of rotatable bonds is 5. The van der Waals surface area contributed by atoms with Crippen LogP contribution in [0.2, 0.25) is 0 Å². The Labute approximate surface area is 143 Å². The average molecular weight is 341 g/mol. The first kappa shape index (κ1) is 15.3. The van der Waals surface area contributed by atoms with E-state index in [9.17, 15) is 4.79 Å². The molecular formula is C17H19N5OS. The zero-order valence-corrected chi connectivity index (χ0v) is 14.4. The molecular weight excluding hydrogens is 322 g/mol. The molecule has 2 N–H and O–H groups in total. The molecule has 0 aliphatic heterocycles. The third kappa shape index (κ3) is 2.92. The number of nitrogens with one attached hydrogen (secondary N) is 2. The summed E-state index contributed by atoms with van der Waals surface area (Å²) >= 11 is 1.73. The number of likely N-dealkylation sites (N-methyl/N-ethyl adjacent to an activating group) is 1. The van der Waals surface area contributed by atoms with E-state index < -0.39 is 6.04 Å². The van der Waals surface area contributed by atoms with E-state index in [1.165, 1.54) is 17.8 Å². The third-order valence-corrected chi connectivity index (χ3v) is 5.39. The molecule has 1 atom stereocenters. The van der Waals surface area contributed by atoms with Gasteiger partial charge in [-0.25, -0.2) is 4.98 Å². The topological polar surface area (TPSA) is 71.8 Å². The van der Waals surface area contributed by atoms with Crippen molar-refractivity contribution in [1.29, 1.82) is 0 Å². The van der Waals surface area contributed by atoms with Gasteiger partial charge in [0.15, 0.2) is 0 Å². The van der Waals surface area contributed by atoms with Crippen molar-refractivity contribution in [2.45, 2.75) is 24.8 Å². The van der Waals surface area contributed by atoms with Crippen molar-refractivity contribution in [2.24, 2.45) is 7.05 Å². The van der Waals surface area contributed by atoms with Crippen molar-refractivity contribution in [1.82, 2.24) is 20.1 Å². The summed E-state index contributed by atoms with van der Waals surface area (Å²) in [6.07, 6.45) is 6.04. The standard InChI is InChI=1S/C17H19N5OS/c1-18-15(11-8-19-22(2)9-11)16(23)20-12-5-6-13-14(7-12)24-17(21-13)10-3-4-10/h5-10,15,18H,3-4H2,1-2H3,(H,20,23). The maximum absolute atomic E-state index is 12.6. The molecule has 1 aliphatic rings. The molecule has 1 amide bonds. The van der Waals surface area contributed by atoms with E-state index in [-0.39, 0.29) is 5.91 Å². The lowest BCUT2D eigenvalue weighted by atomic mass is 10.1. The maximum atomic E-state index is 12.6. The van der Waals surface area contributed by atoms with Crippen LogP contribution < -0.4 is 10.6 Å². The lowest BCUT2D eigenvalue weighted by Gasteiger charge is -2.14. The SMILES string of the molecule is CNC(C(=O)Nc1ccc2nc(C3CC3)sc2c1)c1cnn(C)c1. The van der Waals surface area contributed by atoms with Gasteiger partial charge in [0.25, 0.3) is 0 Å². The quantitative estimate of drug-likeness (QED) is 0.748. The first-order valence-electron chi connectivity index (χ1n) is 8.01. The lowest BCUT2D eigenvalue weighted by Crippen LogP contribution is -2.30. The second-order valence-corrected chi connectivity index (χ2v) is 7.23. The van der Waals surface area contributed by atoms with Gasteiger partial charge in [0.05, 0.1) is 21.4 Å². The van der Waals surface area contributed by atoms with Gasteiger partial charge >= 0.3 is 0 Å². The summed E-state index contributed by atoms with van der Waals surface area (Å²) in [5, 5.41) is 11.4. The van der Waals surface area contributed by atoms with Crippen LogP contribution in [0.3, 0.4) is 0 Å². The van der Waals surface area contributed by atoms with E-state index in [0.29, 0.717) is 5.92 Å². The summed E-state index contributed by atoms with van der Waals surface area (Å²) in [6, 6.07) is 5.46. The van der Waals surface area contributed by atoms with Gasteiger partial charge in [-0.05, 0) is 38.1 Å². The maximum Gasteiger partial charge on any atom is 0.246 e. The largest absolute Gasteiger partial charge is 0.324 e. The fourth-order valence-electron chi connectivity index (χ4n) is 2.78. The first-order chi connectivity index (χ1) is 11.6. The molecule has 3 aromatic rings. The predicted molar refractivity (Wildman–Crippen MR) is 95.2 cm³/mol. The van der Waals surface area contributed by atoms with Crippen molar-refractivity contribution < 1.29 is 4.79 Å². The highest BCUT2D eigenvalue weighted by molar-refractivity contribution is 7.18. The van der Waals surface area contributed by atoms with Crippen LogP contribution in [0.5, 0.6) is 0 Å². The number of aryl methyl sites for hydroxylation is 1. The number of carbonyl (C=O) groups excluding carboxylic acids is 1. The zero-order chi connectivity index (χ0) is 16.7. The minimum atomic E-state index is -0.433. The van der Waals surface area contributed by atoms with E-state index in [1.54, 1.807) is 29.3 Å².